The SMILES string of the molecule is CC(C)CNC(=O)c1cn(C2CCN(C(=O)c3cccc(N(C)C)c3)CC2)nn1. The van der Waals surface area contributed by atoms with Gasteiger partial charge in [0.15, 0.2) is 5.69 Å². The smallest absolute Gasteiger partial charge is 0.273 e. The molecule has 0 atom stereocenters. The van der Waals surface area contributed by atoms with Crippen LogP contribution in [0.5, 0.6) is 0 Å². The molecule has 0 spiro atoms. The molecule has 1 aliphatic heterocycles. The maximum atomic E-state index is 12.9. The Kier molecular flexibility index (Phi) is 6.51. The summed E-state index contributed by atoms with van der Waals surface area (Å²) in [5, 5.41) is 11.0. The molecular formula is C21H30N6O2. The number of aromatic nitrogens is 3. The summed E-state index contributed by atoms with van der Waals surface area (Å²) in [5.74, 6) is 0.243. The van der Waals surface area contributed by atoms with E-state index in [1.165, 1.54) is 0 Å². The largest absolute Gasteiger partial charge is 0.378 e. The number of piperidine rings is 1. The highest BCUT2D eigenvalue weighted by atomic mass is 16.2. The van der Waals surface area contributed by atoms with Crippen molar-refractivity contribution in [3.63, 3.8) is 0 Å². The molecule has 0 saturated carbocycles. The summed E-state index contributed by atoms with van der Waals surface area (Å²) in [7, 11) is 3.93. The average Bonchev–Trinajstić information content (AvgIpc) is 3.22. The molecule has 2 aromatic rings. The molecule has 0 radical (unpaired) electrons. The minimum atomic E-state index is -0.196. The second kappa shape index (κ2) is 9.07. The number of carbonyl (C=O) groups is 2. The normalized spacial score (nSPS) is 14.9. The van der Waals surface area contributed by atoms with Crippen LogP contribution in [0.3, 0.4) is 0 Å². The van der Waals surface area contributed by atoms with Crippen LogP contribution in [0.2, 0.25) is 0 Å². The van der Waals surface area contributed by atoms with Crippen LogP contribution in [0.15, 0.2) is 30.5 Å². The number of likely N-dealkylation sites (tertiary alicyclic amines) is 1. The third kappa shape index (κ3) is 5.13. The Morgan fingerprint density at radius 1 is 1.24 bits per heavy atom. The van der Waals surface area contributed by atoms with E-state index in [-0.39, 0.29) is 17.9 Å². The first-order chi connectivity index (χ1) is 13.8. The van der Waals surface area contributed by atoms with Crippen molar-refractivity contribution < 1.29 is 9.59 Å². The second-order valence-corrected chi connectivity index (χ2v) is 8.16. The van der Waals surface area contributed by atoms with E-state index < -0.39 is 0 Å². The van der Waals surface area contributed by atoms with Crippen LogP contribution in [0.1, 0.15) is 53.6 Å². The van der Waals surface area contributed by atoms with E-state index in [2.05, 4.69) is 15.6 Å². The van der Waals surface area contributed by atoms with Crippen molar-refractivity contribution in [3.05, 3.63) is 41.7 Å². The third-order valence-electron chi connectivity index (χ3n) is 5.15. The van der Waals surface area contributed by atoms with Gasteiger partial charge in [-0.05, 0) is 37.0 Å². The predicted molar refractivity (Wildman–Crippen MR) is 112 cm³/mol. The number of rotatable bonds is 6. The molecule has 1 aromatic carbocycles. The van der Waals surface area contributed by atoms with E-state index in [0.29, 0.717) is 36.8 Å². The lowest BCUT2D eigenvalue weighted by atomic mass is 10.0. The number of hydrogen-bond acceptors (Lipinski definition) is 5. The van der Waals surface area contributed by atoms with E-state index in [9.17, 15) is 9.59 Å². The molecule has 156 valence electrons. The molecule has 0 aliphatic carbocycles. The quantitative estimate of drug-likeness (QED) is 0.807. The Balaban J connectivity index is 1.57. The summed E-state index contributed by atoms with van der Waals surface area (Å²) < 4.78 is 1.76. The van der Waals surface area contributed by atoms with Gasteiger partial charge >= 0.3 is 0 Å². The highest BCUT2D eigenvalue weighted by Crippen LogP contribution is 2.24. The summed E-state index contributed by atoms with van der Waals surface area (Å²) in [6.07, 6.45) is 3.28. The zero-order valence-electron chi connectivity index (χ0n) is 17.6. The number of benzene rings is 1. The van der Waals surface area contributed by atoms with Crippen LogP contribution >= 0.6 is 0 Å². The fourth-order valence-electron chi connectivity index (χ4n) is 3.38. The Morgan fingerprint density at radius 3 is 2.62 bits per heavy atom. The van der Waals surface area contributed by atoms with Crippen molar-refractivity contribution in [1.82, 2.24) is 25.2 Å². The molecule has 0 bridgehead atoms. The highest BCUT2D eigenvalue weighted by Gasteiger charge is 2.26. The Morgan fingerprint density at radius 2 is 1.97 bits per heavy atom. The van der Waals surface area contributed by atoms with Gasteiger partial charge in [-0.3, -0.25) is 9.59 Å². The summed E-state index contributed by atoms with van der Waals surface area (Å²) >= 11 is 0. The number of anilines is 1. The average molecular weight is 399 g/mol. The van der Waals surface area contributed by atoms with Crippen LogP contribution in [0.4, 0.5) is 5.69 Å². The van der Waals surface area contributed by atoms with Gasteiger partial charge in [-0.1, -0.05) is 25.1 Å². The van der Waals surface area contributed by atoms with E-state index in [1.54, 1.807) is 10.9 Å². The lowest BCUT2D eigenvalue weighted by molar-refractivity contribution is 0.0689. The van der Waals surface area contributed by atoms with E-state index in [1.807, 2.05) is 62.0 Å². The number of hydrogen-bond donors (Lipinski definition) is 1. The molecule has 1 aliphatic rings. The molecule has 1 fully saturated rings. The molecule has 1 aromatic heterocycles. The summed E-state index contributed by atoms with van der Waals surface area (Å²) in [6, 6.07) is 7.83. The molecule has 1 saturated heterocycles. The van der Waals surface area contributed by atoms with Gasteiger partial charge in [-0.25, -0.2) is 4.68 Å². The monoisotopic (exact) mass is 398 g/mol. The van der Waals surface area contributed by atoms with Crippen molar-refractivity contribution in [2.24, 2.45) is 5.92 Å². The van der Waals surface area contributed by atoms with Crippen molar-refractivity contribution >= 4 is 17.5 Å². The number of carbonyl (C=O) groups excluding carboxylic acids is 2. The Hall–Kier alpha value is -2.90. The van der Waals surface area contributed by atoms with Crippen LogP contribution in [0, 0.1) is 5.92 Å². The number of nitrogens with one attached hydrogen (secondary N) is 1. The molecule has 1 N–H and O–H groups in total. The van der Waals surface area contributed by atoms with E-state index in [4.69, 9.17) is 0 Å². The van der Waals surface area contributed by atoms with E-state index in [0.717, 1.165) is 18.5 Å². The lowest BCUT2D eigenvalue weighted by Crippen LogP contribution is -2.39. The zero-order chi connectivity index (χ0) is 21.0. The molecular weight excluding hydrogens is 368 g/mol. The minimum absolute atomic E-state index is 0.0551. The van der Waals surface area contributed by atoms with Gasteiger partial charge in [-0.15, -0.1) is 5.10 Å². The fourth-order valence-corrected chi connectivity index (χ4v) is 3.38. The summed E-state index contributed by atoms with van der Waals surface area (Å²) in [4.78, 5) is 28.9. The molecule has 3 rings (SSSR count). The first kappa shape index (κ1) is 20.8. The Labute approximate surface area is 171 Å². The number of amides is 2. The van der Waals surface area contributed by atoms with Gasteiger partial charge in [0, 0.05) is 45.0 Å². The maximum Gasteiger partial charge on any atom is 0.273 e. The standard InChI is InChI=1S/C21H30N6O2/c1-15(2)13-22-20(28)19-14-27(24-23-19)17-8-10-26(11-9-17)21(29)16-6-5-7-18(12-16)25(3)4/h5-7,12,14-15,17H,8-11,13H2,1-4H3,(H,22,28). The maximum absolute atomic E-state index is 12.9. The second-order valence-electron chi connectivity index (χ2n) is 8.16. The van der Waals surface area contributed by atoms with Crippen LogP contribution in [0.25, 0.3) is 0 Å². The predicted octanol–water partition coefficient (Wildman–Crippen LogP) is 2.21. The first-order valence-electron chi connectivity index (χ1n) is 10.1. The van der Waals surface area contributed by atoms with Crippen molar-refractivity contribution in [2.45, 2.75) is 32.7 Å². The molecule has 2 amide bonds. The highest BCUT2D eigenvalue weighted by molar-refractivity contribution is 5.95. The van der Waals surface area contributed by atoms with Gasteiger partial charge in [0.05, 0.1) is 12.2 Å². The van der Waals surface area contributed by atoms with Gasteiger partial charge in [-0.2, -0.15) is 0 Å². The fraction of sp³-hybridized carbons (Fsp3) is 0.524. The van der Waals surface area contributed by atoms with Crippen LogP contribution in [-0.4, -0.2) is 65.4 Å². The lowest BCUT2D eigenvalue weighted by Gasteiger charge is -2.32. The first-order valence-corrected chi connectivity index (χ1v) is 10.1. The third-order valence-corrected chi connectivity index (χ3v) is 5.15. The van der Waals surface area contributed by atoms with Crippen LogP contribution < -0.4 is 10.2 Å². The molecule has 29 heavy (non-hydrogen) atoms. The van der Waals surface area contributed by atoms with Gasteiger partial charge in [0.25, 0.3) is 11.8 Å². The zero-order valence-corrected chi connectivity index (χ0v) is 17.6. The van der Waals surface area contributed by atoms with Crippen molar-refractivity contribution in [2.75, 3.05) is 38.6 Å². The summed E-state index contributed by atoms with van der Waals surface area (Å²) in [6.45, 7) is 6.02. The minimum Gasteiger partial charge on any atom is -0.378 e. The topological polar surface area (TPSA) is 83.4 Å². The molecule has 8 heteroatoms. The van der Waals surface area contributed by atoms with Gasteiger partial charge < -0.3 is 15.1 Å². The van der Waals surface area contributed by atoms with Crippen molar-refractivity contribution in [3.8, 4) is 0 Å². The van der Waals surface area contributed by atoms with E-state index >= 15 is 0 Å². The molecule has 8 nitrogen and oxygen atoms in total. The Bertz CT molecular complexity index is 852. The van der Waals surface area contributed by atoms with Crippen LogP contribution in [-0.2, 0) is 0 Å². The van der Waals surface area contributed by atoms with Crippen molar-refractivity contribution in [1.29, 1.82) is 0 Å². The molecule has 0 unspecified atom stereocenters. The molecule has 2 heterocycles. The van der Waals surface area contributed by atoms with Gasteiger partial charge in [0.2, 0.25) is 0 Å². The van der Waals surface area contributed by atoms with Gasteiger partial charge in [0.1, 0.15) is 0 Å². The number of nitrogens with zero attached hydrogens (tertiary/aromatic N) is 5. The summed E-state index contributed by atoms with van der Waals surface area (Å²) in [5.41, 5.74) is 2.06.